The first-order chi connectivity index (χ1) is 10.7. The highest BCUT2D eigenvalue weighted by atomic mass is 16.6. The smallest absolute Gasteiger partial charge is 0.410 e. The molecule has 0 atom stereocenters. The predicted molar refractivity (Wildman–Crippen MR) is 89.2 cm³/mol. The summed E-state index contributed by atoms with van der Waals surface area (Å²) in [4.78, 5) is 25.1. The van der Waals surface area contributed by atoms with Gasteiger partial charge in [0.15, 0.2) is 0 Å². The number of carbonyl (C=O) groups is 2. The molecule has 0 spiro atoms. The normalized spacial score (nSPS) is 16.2. The molecule has 1 aliphatic rings. The lowest BCUT2D eigenvalue weighted by atomic mass is 9.90. The van der Waals surface area contributed by atoms with Crippen molar-refractivity contribution in [3.05, 3.63) is 35.4 Å². The molecule has 1 aliphatic heterocycles. The molecule has 0 saturated carbocycles. The molecule has 1 aromatic rings. The number of nitrogens with two attached hydrogens (primary N) is 1. The Balaban J connectivity index is 1.86. The number of likely N-dealkylation sites (tertiary alicyclic amines) is 1. The Labute approximate surface area is 137 Å². The Kier molecular flexibility index (Phi) is 5.29. The van der Waals surface area contributed by atoms with Crippen molar-refractivity contribution in [2.75, 3.05) is 13.1 Å². The van der Waals surface area contributed by atoms with E-state index in [1.165, 1.54) is 0 Å². The Bertz CT molecular complexity index is 570. The predicted octanol–water partition coefficient (Wildman–Crippen LogP) is 2.98. The highest BCUT2D eigenvalue weighted by Gasteiger charge is 2.26. The fourth-order valence-electron chi connectivity index (χ4n) is 2.83. The first-order valence-electron chi connectivity index (χ1n) is 8.11. The van der Waals surface area contributed by atoms with Gasteiger partial charge in [-0.15, -0.1) is 0 Å². The topological polar surface area (TPSA) is 72.6 Å². The number of benzene rings is 1. The molecule has 1 fully saturated rings. The van der Waals surface area contributed by atoms with Crippen molar-refractivity contribution < 1.29 is 14.3 Å². The molecule has 0 aliphatic carbocycles. The Hall–Kier alpha value is -2.04. The molecule has 5 nitrogen and oxygen atoms in total. The van der Waals surface area contributed by atoms with Crippen LogP contribution in [0.2, 0.25) is 0 Å². The van der Waals surface area contributed by atoms with Crippen molar-refractivity contribution >= 4 is 12.0 Å². The van der Waals surface area contributed by atoms with E-state index in [-0.39, 0.29) is 6.09 Å². The van der Waals surface area contributed by atoms with E-state index in [0.717, 1.165) is 37.9 Å². The number of hydrogen-bond donors (Lipinski definition) is 1. The third-order valence-electron chi connectivity index (χ3n) is 4.00. The van der Waals surface area contributed by atoms with Crippen LogP contribution in [0.4, 0.5) is 4.79 Å². The molecule has 0 bridgehead atoms. The number of rotatable bonds is 3. The van der Waals surface area contributed by atoms with Gasteiger partial charge in [-0.25, -0.2) is 4.79 Å². The number of carbonyl (C=O) groups excluding carboxylic acids is 2. The summed E-state index contributed by atoms with van der Waals surface area (Å²) >= 11 is 0. The lowest BCUT2D eigenvalue weighted by Gasteiger charge is -2.33. The molecule has 5 heteroatoms. The van der Waals surface area contributed by atoms with Crippen molar-refractivity contribution in [3.8, 4) is 0 Å². The van der Waals surface area contributed by atoms with Crippen LogP contribution >= 0.6 is 0 Å². The maximum absolute atomic E-state index is 12.1. The van der Waals surface area contributed by atoms with E-state index in [4.69, 9.17) is 10.5 Å². The standard InChI is InChI=1S/C18H26N2O3/c1-18(2,3)23-17(22)20-9-7-13(8-10-20)11-14-5-4-6-15(12-14)16(19)21/h4-6,12-13H,7-11H2,1-3H3,(H2,19,21). The molecule has 0 radical (unpaired) electrons. The van der Waals surface area contributed by atoms with Gasteiger partial charge in [0.2, 0.25) is 5.91 Å². The molecule has 2 rings (SSSR count). The van der Waals surface area contributed by atoms with Gasteiger partial charge in [0.05, 0.1) is 0 Å². The number of nitrogens with zero attached hydrogens (tertiary/aromatic N) is 1. The van der Waals surface area contributed by atoms with Crippen LogP contribution < -0.4 is 5.73 Å². The highest BCUT2D eigenvalue weighted by Crippen LogP contribution is 2.23. The summed E-state index contributed by atoms with van der Waals surface area (Å²) in [6.07, 6.45) is 2.57. The van der Waals surface area contributed by atoms with E-state index in [1.54, 1.807) is 11.0 Å². The zero-order valence-corrected chi connectivity index (χ0v) is 14.2. The van der Waals surface area contributed by atoms with Crippen molar-refractivity contribution in [1.29, 1.82) is 0 Å². The van der Waals surface area contributed by atoms with Crippen molar-refractivity contribution in [2.45, 2.75) is 45.6 Å². The zero-order valence-electron chi connectivity index (χ0n) is 14.2. The van der Waals surface area contributed by atoms with E-state index < -0.39 is 11.5 Å². The summed E-state index contributed by atoms with van der Waals surface area (Å²) < 4.78 is 5.41. The first kappa shape index (κ1) is 17.3. The van der Waals surface area contributed by atoms with Crippen LogP contribution in [0.5, 0.6) is 0 Å². The van der Waals surface area contributed by atoms with E-state index in [2.05, 4.69) is 0 Å². The molecule has 23 heavy (non-hydrogen) atoms. The molecule has 0 aromatic heterocycles. The largest absolute Gasteiger partial charge is 0.444 e. The summed E-state index contributed by atoms with van der Waals surface area (Å²) in [5, 5.41) is 0. The molecule has 1 aromatic carbocycles. The third-order valence-corrected chi connectivity index (χ3v) is 4.00. The van der Waals surface area contributed by atoms with E-state index in [1.807, 2.05) is 39.0 Å². The number of ether oxygens (including phenoxy) is 1. The number of primary amides is 1. The monoisotopic (exact) mass is 318 g/mol. The van der Waals surface area contributed by atoms with Gasteiger partial charge < -0.3 is 15.4 Å². The minimum absolute atomic E-state index is 0.230. The van der Waals surface area contributed by atoms with Gasteiger partial charge in [-0.3, -0.25) is 4.79 Å². The van der Waals surface area contributed by atoms with E-state index in [0.29, 0.717) is 11.5 Å². The van der Waals surface area contributed by atoms with Gasteiger partial charge in [-0.1, -0.05) is 12.1 Å². The van der Waals surface area contributed by atoms with Crippen LogP contribution in [0.3, 0.4) is 0 Å². The molecule has 1 heterocycles. The molecular weight excluding hydrogens is 292 g/mol. The number of piperidine rings is 1. The van der Waals surface area contributed by atoms with Crippen LogP contribution in [-0.4, -0.2) is 35.6 Å². The second-order valence-electron chi connectivity index (χ2n) is 7.18. The number of hydrogen-bond acceptors (Lipinski definition) is 3. The Morgan fingerprint density at radius 1 is 1.26 bits per heavy atom. The van der Waals surface area contributed by atoms with Crippen molar-refractivity contribution in [1.82, 2.24) is 4.90 Å². The van der Waals surface area contributed by atoms with Gasteiger partial charge in [-0.2, -0.15) is 0 Å². The molecule has 2 amide bonds. The van der Waals surface area contributed by atoms with Crippen LogP contribution in [0.1, 0.15) is 49.5 Å². The van der Waals surface area contributed by atoms with E-state index in [9.17, 15) is 9.59 Å². The Morgan fingerprint density at radius 2 is 1.91 bits per heavy atom. The lowest BCUT2D eigenvalue weighted by molar-refractivity contribution is 0.0184. The average molecular weight is 318 g/mol. The van der Waals surface area contributed by atoms with Crippen molar-refractivity contribution in [2.24, 2.45) is 11.7 Å². The zero-order chi connectivity index (χ0) is 17.0. The summed E-state index contributed by atoms with van der Waals surface area (Å²) in [5.41, 5.74) is 6.54. The molecule has 0 unspecified atom stereocenters. The molecule has 1 saturated heterocycles. The Morgan fingerprint density at radius 3 is 2.48 bits per heavy atom. The van der Waals surface area contributed by atoms with Gasteiger partial charge in [0, 0.05) is 18.7 Å². The van der Waals surface area contributed by atoms with Gasteiger partial charge in [-0.05, 0) is 63.6 Å². The SMILES string of the molecule is CC(C)(C)OC(=O)N1CCC(Cc2cccc(C(N)=O)c2)CC1. The number of amides is 2. The average Bonchev–Trinajstić information content (AvgIpc) is 2.46. The summed E-state index contributed by atoms with van der Waals surface area (Å²) in [6, 6.07) is 7.48. The van der Waals surface area contributed by atoms with Gasteiger partial charge in [0.25, 0.3) is 0 Å². The lowest BCUT2D eigenvalue weighted by Crippen LogP contribution is -2.42. The van der Waals surface area contributed by atoms with E-state index >= 15 is 0 Å². The summed E-state index contributed by atoms with van der Waals surface area (Å²) in [5.74, 6) is 0.114. The quantitative estimate of drug-likeness (QED) is 0.931. The maximum Gasteiger partial charge on any atom is 0.410 e. The third kappa shape index (κ3) is 5.27. The molecular formula is C18H26N2O3. The molecule has 2 N–H and O–H groups in total. The van der Waals surface area contributed by atoms with Gasteiger partial charge >= 0.3 is 6.09 Å². The van der Waals surface area contributed by atoms with Crippen LogP contribution in [0, 0.1) is 5.92 Å². The second kappa shape index (κ2) is 7.02. The van der Waals surface area contributed by atoms with Crippen LogP contribution in [0.15, 0.2) is 24.3 Å². The summed E-state index contributed by atoms with van der Waals surface area (Å²) in [7, 11) is 0. The van der Waals surface area contributed by atoms with Crippen LogP contribution in [0.25, 0.3) is 0 Å². The molecule has 126 valence electrons. The maximum atomic E-state index is 12.1. The van der Waals surface area contributed by atoms with Crippen molar-refractivity contribution in [3.63, 3.8) is 0 Å². The minimum atomic E-state index is -0.455. The minimum Gasteiger partial charge on any atom is -0.444 e. The second-order valence-corrected chi connectivity index (χ2v) is 7.18. The first-order valence-corrected chi connectivity index (χ1v) is 8.11. The summed E-state index contributed by atoms with van der Waals surface area (Å²) in [6.45, 7) is 7.07. The fourth-order valence-corrected chi connectivity index (χ4v) is 2.83. The highest BCUT2D eigenvalue weighted by molar-refractivity contribution is 5.92. The fraction of sp³-hybridized carbons (Fsp3) is 0.556. The van der Waals surface area contributed by atoms with Gasteiger partial charge in [0.1, 0.15) is 5.60 Å². The van der Waals surface area contributed by atoms with Crippen LogP contribution in [-0.2, 0) is 11.2 Å².